The van der Waals surface area contributed by atoms with E-state index in [0.29, 0.717) is 16.8 Å². The molecule has 23 heavy (non-hydrogen) atoms. The molecule has 0 spiro atoms. The van der Waals surface area contributed by atoms with Gasteiger partial charge in [-0.1, -0.05) is 23.7 Å². The lowest BCUT2D eigenvalue weighted by Gasteiger charge is -2.18. The maximum Gasteiger partial charge on any atom is 0.230 e. The third-order valence-electron chi connectivity index (χ3n) is 3.26. The van der Waals surface area contributed by atoms with Crippen LogP contribution in [0.5, 0.6) is 0 Å². The van der Waals surface area contributed by atoms with Crippen molar-refractivity contribution in [3.63, 3.8) is 0 Å². The number of aryl methyl sites for hydroxylation is 1. The Kier molecular flexibility index (Phi) is 4.73. The summed E-state index contributed by atoms with van der Waals surface area (Å²) in [7, 11) is 0. The van der Waals surface area contributed by atoms with Gasteiger partial charge in [0.25, 0.3) is 0 Å². The molecule has 0 saturated carbocycles. The Morgan fingerprint density at radius 3 is 2.65 bits per heavy atom. The van der Waals surface area contributed by atoms with Crippen molar-refractivity contribution >= 4 is 28.8 Å². The molecule has 0 saturated heterocycles. The second-order valence-corrected chi connectivity index (χ2v) is 6.22. The summed E-state index contributed by atoms with van der Waals surface area (Å²) in [6.07, 6.45) is 0.0507. The van der Waals surface area contributed by atoms with Crippen molar-refractivity contribution in [3.05, 3.63) is 69.0 Å². The Morgan fingerprint density at radius 2 is 2.04 bits per heavy atom. The number of nitrogens with one attached hydrogen (secondary N) is 1. The van der Waals surface area contributed by atoms with Gasteiger partial charge in [-0.3, -0.25) is 4.79 Å². The zero-order chi connectivity index (χ0) is 16.2. The topological polar surface area (TPSA) is 68.0 Å². The van der Waals surface area contributed by atoms with Gasteiger partial charge in [-0.25, -0.2) is 0 Å². The predicted molar refractivity (Wildman–Crippen MR) is 88.5 cm³/mol. The van der Waals surface area contributed by atoms with Crippen LogP contribution < -0.4 is 5.32 Å². The summed E-state index contributed by atoms with van der Waals surface area (Å²) < 4.78 is 5.25. The number of halogens is 1. The fraction of sp³-hybridized carbons (Fsp3) is 0.188. The van der Waals surface area contributed by atoms with Crippen LogP contribution in [0.3, 0.4) is 0 Å². The Bertz CT molecular complexity index is 784. The van der Waals surface area contributed by atoms with Gasteiger partial charge in [-0.2, -0.15) is 11.3 Å². The lowest BCUT2D eigenvalue weighted by atomic mass is 10.0. The molecule has 0 unspecified atom stereocenters. The summed E-state index contributed by atoms with van der Waals surface area (Å²) in [4.78, 5) is 12.3. The largest absolute Gasteiger partial charge is 0.425 e. The number of hydrogen-bond acceptors (Lipinski definition) is 5. The number of carbonyl (C=O) groups excluding carboxylic acids is 1. The Hall–Kier alpha value is -2.18. The monoisotopic (exact) mass is 347 g/mol. The summed E-state index contributed by atoms with van der Waals surface area (Å²) >= 11 is 7.53. The number of rotatable bonds is 5. The first-order chi connectivity index (χ1) is 11.1. The zero-order valence-corrected chi connectivity index (χ0v) is 13.9. The third kappa shape index (κ3) is 3.97. The van der Waals surface area contributed by atoms with E-state index in [0.717, 1.165) is 11.1 Å². The van der Waals surface area contributed by atoms with Gasteiger partial charge in [-0.15, -0.1) is 10.2 Å². The van der Waals surface area contributed by atoms with Crippen molar-refractivity contribution in [1.82, 2.24) is 15.5 Å². The smallest absolute Gasteiger partial charge is 0.230 e. The number of nitrogens with zero attached hydrogens (tertiary/aromatic N) is 2. The van der Waals surface area contributed by atoms with Crippen LogP contribution in [0, 0.1) is 6.92 Å². The fourth-order valence-electron chi connectivity index (χ4n) is 2.21. The first-order valence-electron chi connectivity index (χ1n) is 6.98. The summed E-state index contributed by atoms with van der Waals surface area (Å²) in [5, 5.41) is 15.2. The van der Waals surface area contributed by atoms with Crippen LogP contribution in [0.4, 0.5) is 0 Å². The third-order valence-corrected chi connectivity index (χ3v) is 4.22. The molecule has 7 heteroatoms. The number of amides is 1. The maximum absolute atomic E-state index is 12.3. The van der Waals surface area contributed by atoms with Crippen LogP contribution in [0.2, 0.25) is 5.02 Å². The lowest BCUT2D eigenvalue weighted by Crippen LogP contribution is -2.30. The van der Waals surface area contributed by atoms with Gasteiger partial charge < -0.3 is 9.73 Å². The second kappa shape index (κ2) is 6.93. The molecule has 1 atom stereocenters. The molecule has 1 amide bonds. The van der Waals surface area contributed by atoms with Crippen LogP contribution in [0.25, 0.3) is 0 Å². The van der Waals surface area contributed by atoms with Gasteiger partial charge in [0.15, 0.2) is 0 Å². The van der Waals surface area contributed by atoms with Gasteiger partial charge in [0.1, 0.15) is 6.42 Å². The summed E-state index contributed by atoms with van der Waals surface area (Å²) in [5.41, 5.74) is 1.98. The van der Waals surface area contributed by atoms with Crippen molar-refractivity contribution < 1.29 is 9.21 Å². The number of aromatic nitrogens is 2. The average Bonchev–Trinajstić information content (AvgIpc) is 3.18. The molecule has 118 valence electrons. The minimum Gasteiger partial charge on any atom is -0.425 e. The molecule has 3 rings (SSSR count). The molecule has 0 bridgehead atoms. The first-order valence-corrected chi connectivity index (χ1v) is 8.30. The van der Waals surface area contributed by atoms with Gasteiger partial charge in [0.2, 0.25) is 17.7 Å². The second-order valence-electron chi connectivity index (χ2n) is 5.00. The summed E-state index contributed by atoms with van der Waals surface area (Å²) in [6.45, 7) is 1.69. The molecule has 5 nitrogen and oxygen atoms in total. The normalized spacial score (nSPS) is 12.1. The van der Waals surface area contributed by atoms with Crippen molar-refractivity contribution in [1.29, 1.82) is 0 Å². The first kappa shape index (κ1) is 15.7. The Morgan fingerprint density at radius 1 is 1.26 bits per heavy atom. The fourth-order valence-corrected chi connectivity index (χ4v) is 3.02. The SMILES string of the molecule is Cc1nnc(CC(=O)N[C@H](c2ccc(Cl)cc2)c2ccsc2)o1. The number of hydrogen-bond donors (Lipinski definition) is 1. The number of carbonyl (C=O) groups is 1. The van der Waals surface area contributed by atoms with E-state index in [1.807, 2.05) is 41.1 Å². The molecule has 2 heterocycles. The van der Waals surface area contributed by atoms with E-state index in [-0.39, 0.29) is 18.4 Å². The maximum atomic E-state index is 12.3. The van der Waals surface area contributed by atoms with E-state index in [9.17, 15) is 4.79 Å². The number of benzene rings is 1. The van der Waals surface area contributed by atoms with E-state index in [4.69, 9.17) is 16.0 Å². The molecule has 0 aliphatic rings. The van der Waals surface area contributed by atoms with Gasteiger partial charge in [-0.05, 0) is 40.1 Å². The van der Waals surface area contributed by atoms with Crippen LogP contribution in [0.15, 0.2) is 45.5 Å². The highest BCUT2D eigenvalue weighted by Crippen LogP contribution is 2.25. The standard InChI is InChI=1S/C16H14ClN3O2S/c1-10-19-20-15(22-10)8-14(21)18-16(12-6-7-23-9-12)11-2-4-13(17)5-3-11/h2-7,9,16H,8H2,1H3,(H,18,21)/t16-/m1/s1. The minimum absolute atomic E-state index is 0.0507. The van der Waals surface area contributed by atoms with E-state index in [1.54, 1.807) is 18.3 Å². The van der Waals surface area contributed by atoms with Crippen molar-refractivity contribution in [2.75, 3.05) is 0 Å². The molecule has 3 aromatic rings. The minimum atomic E-state index is -0.241. The quantitative estimate of drug-likeness (QED) is 0.766. The van der Waals surface area contributed by atoms with Crippen molar-refractivity contribution in [2.24, 2.45) is 0 Å². The molecule has 0 aliphatic carbocycles. The number of thiophene rings is 1. The van der Waals surface area contributed by atoms with Crippen LogP contribution in [-0.2, 0) is 11.2 Å². The summed E-state index contributed by atoms with van der Waals surface area (Å²) in [5.74, 6) is 0.569. The van der Waals surface area contributed by atoms with Crippen LogP contribution in [0.1, 0.15) is 29.0 Å². The van der Waals surface area contributed by atoms with E-state index >= 15 is 0 Å². The molecular formula is C16H14ClN3O2S. The highest BCUT2D eigenvalue weighted by atomic mass is 35.5. The van der Waals surface area contributed by atoms with Gasteiger partial charge >= 0.3 is 0 Å². The van der Waals surface area contributed by atoms with Crippen molar-refractivity contribution in [3.8, 4) is 0 Å². The predicted octanol–water partition coefficient (Wildman–Crippen LogP) is 3.54. The molecule has 0 radical (unpaired) electrons. The van der Waals surface area contributed by atoms with Gasteiger partial charge in [0, 0.05) is 11.9 Å². The lowest BCUT2D eigenvalue weighted by molar-refractivity contribution is -0.121. The van der Waals surface area contributed by atoms with Gasteiger partial charge in [0.05, 0.1) is 6.04 Å². The van der Waals surface area contributed by atoms with E-state index in [1.165, 1.54) is 0 Å². The molecule has 2 aromatic heterocycles. The Labute approximate surface area is 142 Å². The highest BCUT2D eigenvalue weighted by molar-refractivity contribution is 7.08. The van der Waals surface area contributed by atoms with Crippen molar-refractivity contribution in [2.45, 2.75) is 19.4 Å². The van der Waals surface area contributed by atoms with Crippen LogP contribution in [-0.4, -0.2) is 16.1 Å². The van der Waals surface area contributed by atoms with E-state index in [2.05, 4.69) is 15.5 Å². The molecular weight excluding hydrogens is 334 g/mol. The molecule has 0 aliphatic heterocycles. The van der Waals surface area contributed by atoms with E-state index < -0.39 is 0 Å². The average molecular weight is 348 g/mol. The summed E-state index contributed by atoms with van der Waals surface area (Å²) in [6, 6.07) is 9.17. The highest BCUT2D eigenvalue weighted by Gasteiger charge is 2.19. The van der Waals surface area contributed by atoms with Crippen LogP contribution >= 0.6 is 22.9 Å². The Balaban J connectivity index is 1.78. The molecule has 1 aromatic carbocycles. The molecule has 0 fully saturated rings. The zero-order valence-electron chi connectivity index (χ0n) is 12.3. The molecule has 1 N–H and O–H groups in total.